The van der Waals surface area contributed by atoms with E-state index in [4.69, 9.17) is 11.6 Å². The molecule has 0 aliphatic carbocycles. The second kappa shape index (κ2) is 7.25. The quantitative estimate of drug-likeness (QED) is 0.710. The lowest BCUT2D eigenvalue weighted by Crippen LogP contribution is -2.36. The third kappa shape index (κ3) is 3.40. The van der Waals surface area contributed by atoms with Crippen LogP contribution in [0.15, 0.2) is 48.5 Å². The van der Waals surface area contributed by atoms with Crippen molar-refractivity contribution in [3.05, 3.63) is 64.8 Å². The Morgan fingerprint density at radius 3 is 2.70 bits per heavy atom. The lowest BCUT2D eigenvalue weighted by molar-refractivity contribution is 0.0765. The highest BCUT2D eigenvalue weighted by Gasteiger charge is 2.29. The number of amides is 1. The van der Waals surface area contributed by atoms with Crippen LogP contribution in [-0.4, -0.2) is 46.7 Å². The highest BCUT2D eigenvalue weighted by Crippen LogP contribution is 2.30. The molecule has 2 N–H and O–H groups in total. The van der Waals surface area contributed by atoms with E-state index in [-0.39, 0.29) is 5.91 Å². The average molecular weight is 384 g/mol. The molecule has 1 amide bonds. The van der Waals surface area contributed by atoms with E-state index >= 15 is 0 Å². The molecule has 1 atom stereocenters. The number of hydrogen-bond acceptors (Lipinski definition) is 3. The van der Waals surface area contributed by atoms with Crippen LogP contribution in [0.2, 0.25) is 5.02 Å². The highest BCUT2D eigenvalue weighted by molar-refractivity contribution is 6.30. The van der Waals surface area contributed by atoms with Crippen LogP contribution in [0.5, 0.6) is 0 Å². The predicted octanol–water partition coefficient (Wildman–Crippen LogP) is 3.40. The standard InChI is InChI=1S/C21H22ClN3O2/c1-24-11-10-18-17-4-2-3-5-19(17)25(20(18)21(24)27)13-16(26)12-23-15-8-6-14(22)7-9-15/h2-9,16,23,26H,10-13H2,1H3. The van der Waals surface area contributed by atoms with Gasteiger partial charge in [0.2, 0.25) is 0 Å². The number of benzene rings is 2. The summed E-state index contributed by atoms with van der Waals surface area (Å²) >= 11 is 5.90. The maximum atomic E-state index is 12.8. The van der Waals surface area contributed by atoms with Gasteiger partial charge in [-0.2, -0.15) is 0 Å². The number of aliphatic hydroxyl groups excluding tert-OH is 1. The lowest BCUT2D eigenvalue weighted by Gasteiger charge is -2.25. The summed E-state index contributed by atoms with van der Waals surface area (Å²) in [5.74, 6) is 0.0188. The molecule has 1 aliphatic heterocycles. The molecule has 2 heterocycles. The Bertz CT molecular complexity index is 981. The average Bonchev–Trinajstić information content (AvgIpc) is 2.99. The summed E-state index contributed by atoms with van der Waals surface area (Å²) in [5.41, 5.74) is 3.69. The minimum Gasteiger partial charge on any atom is -0.389 e. The number of hydrogen-bond donors (Lipinski definition) is 2. The van der Waals surface area contributed by atoms with E-state index in [2.05, 4.69) is 11.4 Å². The lowest BCUT2D eigenvalue weighted by atomic mass is 10.0. The number of fused-ring (bicyclic) bond motifs is 3. The molecule has 0 bridgehead atoms. The van der Waals surface area contributed by atoms with E-state index in [1.165, 1.54) is 0 Å². The topological polar surface area (TPSA) is 57.5 Å². The zero-order valence-electron chi connectivity index (χ0n) is 15.2. The minimum absolute atomic E-state index is 0.0188. The molecule has 1 aromatic heterocycles. The van der Waals surface area contributed by atoms with Crippen molar-refractivity contribution in [2.45, 2.75) is 19.1 Å². The van der Waals surface area contributed by atoms with Gasteiger partial charge >= 0.3 is 0 Å². The molecule has 0 fully saturated rings. The third-order valence-corrected chi connectivity index (χ3v) is 5.35. The summed E-state index contributed by atoms with van der Waals surface area (Å²) < 4.78 is 1.97. The first-order valence-electron chi connectivity index (χ1n) is 9.07. The van der Waals surface area contributed by atoms with Gasteiger partial charge in [0.05, 0.1) is 12.6 Å². The van der Waals surface area contributed by atoms with Crippen LogP contribution < -0.4 is 5.32 Å². The van der Waals surface area contributed by atoms with Crippen molar-refractivity contribution in [3.8, 4) is 0 Å². The first kappa shape index (κ1) is 17.9. The van der Waals surface area contributed by atoms with Crippen molar-refractivity contribution in [2.75, 3.05) is 25.5 Å². The molecule has 27 heavy (non-hydrogen) atoms. The summed E-state index contributed by atoms with van der Waals surface area (Å²) in [6.07, 6.45) is 0.199. The van der Waals surface area contributed by atoms with Crippen LogP contribution in [-0.2, 0) is 13.0 Å². The molecule has 1 unspecified atom stereocenters. The Hall–Kier alpha value is -2.50. The summed E-state index contributed by atoms with van der Waals surface area (Å²) in [7, 11) is 1.83. The van der Waals surface area contributed by atoms with Gasteiger partial charge < -0.3 is 19.9 Å². The number of nitrogens with zero attached hydrogens (tertiary/aromatic N) is 2. The van der Waals surface area contributed by atoms with E-state index in [1.54, 1.807) is 17.0 Å². The first-order valence-corrected chi connectivity index (χ1v) is 9.45. The molecule has 4 rings (SSSR count). The molecular formula is C21H22ClN3O2. The van der Waals surface area contributed by atoms with Crippen LogP contribution in [0.3, 0.4) is 0 Å². The van der Waals surface area contributed by atoms with Crippen molar-refractivity contribution in [2.24, 2.45) is 0 Å². The number of likely N-dealkylation sites (N-methyl/N-ethyl adjacent to an activating group) is 1. The number of anilines is 1. The van der Waals surface area contributed by atoms with Gasteiger partial charge in [0.25, 0.3) is 5.91 Å². The normalized spacial score (nSPS) is 15.1. The fraction of sp³-hybridized carbons (Fsp3) is 0.286. The van der Waals surface area contributed by atoms with E-state index in [9.17, 15) is 9.90 Å². The second-order valence-corrected chi connectivity index (χ2v) is 7.41. The number of aromatic nitrogens is 1. The van der Waals surface area contributed by atoms with Crippen LogP contribution in [0.4, 0.5) is 5.69 Å². The zero-order chi connectivity index (χ0) is 19.0. The molecule has 0 radical (unpaired) electrons. The van der Waals surface area contributed by atoms with Crippen LogP contribution >= 0.6 is 11.6 Å². The second-order valence-electron chi connectivity index (χ2n) is 6.97. The molecule has 140 valence electrons. The van der Waals surface area contributed by atoms with Gasteiger partial charge in [-0.05, 0) is 42.3 Å². The number of para-hydroxylation sites is 1. The Balaban J connectivity index is 1.59. The van der Waals surface area contributed by atoms with E-state index < -0.39 is 6.10 Å². The number of nitrogens with one attached hydrogen (secondary N) is 1. The highest BCUT2D eigenvalue weighted by atomic mass is 35.5. The maximum absolute atomic E-state index is 12.8. The summed E-state index contributed by atoms with van der Waals surface area (Å²) in [6, 6.07) is 15.4. The molecule has 0 spiro atoms. The largest absolute Gasteiger partial charge is 0.389 e. The zero-order valence-corrected chi connectivity index (χ0v) is 15.9. The maximum Gasteiger partial charge on any atom is 0.270 e. The molecular weight excluding hydrogens is 362 g/mol. The van der Waals surface area contributed by atoms with E-state index in [0.29, 0.717) is 23.8 Å². The monoisotopic (exact) mass is 383 g/mol. The van der Waals surface area contributed by atoms with Crippen molar-refractivity contribution >= 4 is 34.1 Å². The molecule has 3 aromatic rings. The number of carbonyl (C=O) groups excluding carboxylic acids is 1. The molecule has 2 aromatic carbocycles. The molecule has 5 nitrogen and oxygen atoms in total. The fourth-order valence-electron chi connectivity index (χ4n) is 3.70. The van der Waals surface area contributed by atoms with Gasteiger partial charge in [0.15, 0.2) is 0 Å². The third-order valence-electron chi connectivity index (χ3n) is 5.10. The molecule has 0 saturated heterocycles. The van der Waals surface area contributed by atoms with Crippen molar-refractivity contribution in [1.29, 1.82) is 0 Å². The van der Waals surface area contributed by atoms with Crippen molar-refractivity contribution in [3.63, 3.8) is 0 Å². The van der Waals surface area contributed by atoms with Crippen molar-refractivity contribution < 1.29 is 9.90 Å². The van der Waals surface area contributed by atoms with Gasteiger partial charge in [-0.15, -0.1) is 0 Å². The van der Waals surface area contributed by atoms with Gasteiger partial charge in [0, 0.05) is 41.8 Å². The SMILES string of the molecule is CN1CCc2c(n(CC(O)CNc3ccc(Cl)cc3)c3ccccc23)C1=O. The molecule has 6 heteroatoms. The number of rotatable bonds is 5. The number of carbonyl (C=O) groups is 1. The summed E-state index contributed by atoms with van der Waals surface area (Å²) in [5, 5.41) is 15.6. The van der Waals surface area contributed by atoms with E-state index in [0.717, 1.165) is 35.1 Å². The van der Waals surface area contributed by atoms with Gasteiger partial charge in [-0.3, -0.25) is 4.79 Å². The number of aliphatic hydroxyl groups is 1. The van der Waals surface area contributed by atoms with Crippen LogP contribution in [0.1, 0.15) is 16.1 Å². The van der Waals surface area contributed by atoms with Crippen LogP contribution in [0.25, 0.3) is 10.9 Å². The first-order chi connectivity index (χ1) is 13.0. The van der Waals surface area contributed by atoms with E-state index in [1.807, 2.05) is 41.9 Å². The Morgan fingerprint density at radius 2 is 1.93 bits per heavy atom. The molecule has 1 aliphatic rings. The van der Waals surface area contributed by atoms with Crippen molar-refractivity contribution in [1.82, 2.24) is 9.47 Å². The van der Waals surface area contributed by atoms with Gasteiger partial charge in [-0.25, -0.2) is 0 Å². The van der Waals surface area contributed by atoms with Gasteiger partial charge in [-0.1, -0.05) is 29.8 Å². The minimum atomic E-state index is -0.638. The molecule has 0 saturated carbocycles. The fourth-order valence-corrected chi connectivity index (χ4v) is 3.83. The smallest absolute Gasteiger partial charge is 0.270 e. The number of halogens is 1. The summed E-state index contributed by atoms with van der Waals surface area (Å²) in [6.45, 7) is 1.46. The Kier molecular flexibility index (Phi) is 4.81. The Morgan fingerprint density at radius 1 is 1.19 bits per heavy atom. The summed E-state index contributed by atoms with van der Waals surface area (Å²) in [4.78, 5) is 14.5. The Labute approximate surface area is 163 Å². The predicted molar refractivity (Wildman–Crippen MR) is 109 cm³/mol. The van der Waals surface area contributed by atoms with Crippen LogP contribution in [0, 0.1) is 0 Å². The van der Waals surface area contributed by atoms with Gasteiger partial charge in [0.1, 0.15) is 5.69 Å².